The zero-order valence-corrected chi connectivity index (χ0v) is 15.7. The van der Waals surface area contributed by atoms with E-state index in [9.17, 15) is 4.79 Å². The second-order valence-corrected chi connectivity index (χ2v) is 6.97. The molecule has 1 aromatic carbocycles. The molecule has 2 nitrogen and oxygen atoms in total. The number of allylic oxidation sites excluding steroid dienone is 2. The summed E-state index contributed by atoms with van der Waals surface area (Å²) < 4.78 is 6.02. The first-order valence-corrected chi connectivity index (χ1v) is 9.76. The highest BCUT2D eigenvalue weighted by molar-refractivity contribution is 5.90. The van der Waals surface area contributed by atoms with Crippen LogP contribution in [0.25, 0.3) is 0 Å². The van der Waals surface area contributed by atoms with E-state index in [2.05, 4.69) is 31.2 Å². The molecule has 2 heteroatoms. The van der Waals surface area contributed by atoms with Crippen molar-refractivity contribution in [3.05, 3.63) is 60.2 Å². The first-order valence-electron chi connectivity index (χ1n) is 9.76. The van der Waals surface area contributed by atoms with Crippen molar-refractivity contribution in [2.45, 2.75) is 70.3 Å². The highest BCUT2D eigenvalue weighted by Gasteiger charge is 2.33. The lowest BCUT2D eigenvalue weighted by Crippen LogP contribution is -2.37. The van der Waals surface area contributed by atoms with Crippen LogP contribution in [0.2, 0.25) is 0 Å². The molecule has 0 heterocycles. The Morgan fingerprint density at radius 3 is 2.16 bits per heavy atom. The average molecular weight is 341 g/mol. The van der Waals surface area contributed by atoms with Crippen LogP contribution in [0.5, 0.6) is 0 Å². The third-order valence-electron chi connectivity index (χ3n) is 4.93. The summed E-state index contributed by atoms with van der Waals surface area (Å²) in [6.45, 7) is 4.49. The summed E-state index contributed by atoms with van der Waals surface area (Å²) in [6, 6.07) is 10.3. The molecule has 0 saturated heterocycles. The summed E-state index contributed by atoms with van der Waals surface area (Å²) in [5.74, 6) is 0.269. The van der Waals surface area contributed by atoms with Gasteiger partial charge in [0.25, 0.3) is 0 Å². The van der Waals surface area contributed by atoms with Gasteiger partial charge in [-0.15, -0.1) is 0 Å². The number of Topliss-reactive ketones (excluding diaryl/α,β-unsaturated/α-hetero) is 1. The van der Waals surface area contributed by atoms with Crippen LogP contribution in [0.1, 0.15) is 70.3 Å². The van der Waals surface area contributed by atoms with E-state index in [1.807, 2.05) is 30.4 Å². The molecule has 0 amide bonds. The van der Waals surface area contributed by atoms with Gasteiger partial charge in [-0.1, -0.05) is 87.9 Å². The minimum atomic E-state index is -0.868. The summed E-state index contributed by atoms with van der Waals surface area (Å²) in [5.41, 5.74) is 0.368. The van der Waals surface area contributed by atoms with Crippen molar-refractivity contribution in [2.24, 2.45) is 0 Å². The summed E-state index contributed by atoms with van der Waals surface area (Å²) in [5, 5.41) is 0. The number of unbranched alkanes of at least 4 members (excludes halogenated alkanes) is 6. The zero-order valence-electron chi connectivity index (χ0n) is 15.7. The van der Waals surface area contributed by atoms with Gasteiger partial charge in [0, 0.05) is 12.5 Å². The van der Waals surface area contributed by atoms with Gasteiger partial charge < -0.3 is 4.74 Å². The maximum atomic E-state index is 12.2. The maximum absolute atomic E-state index is 12.2. The second-order valence-electron chi connectivity index (χ2n) is 6.97. The quantitative estimate of drug-likeness (QED) is 0.365. The van der Waals surface area contributed by atoms with Crippen molar-refractivity contribution in [3.8, 4) is 0 Å². The minimum absolute atomic E-state index is 0.0504. The normalized spacial score (nSPS) is 22.2. The Labute approximate surface area is 153 Å². The molecule has 1 aromatic rings. The second kappa shape index (κ2) is 10.4. The highest BCUT2D eigenvalue weighted by atomic mass is 16.5. The first-order chi connectivity index (χ1) is 12.2. The summed E-state index contributed by atoms with van der Waals surface area (Å²) in [7, 11) is 0. The third-order valence-corrected chi connectivity index (χ3v) is 4.93. The molecule has 1 aliphatic rings. The molecular weight excluding hydrogens is 308 g/mol. The Morgan fingerprint density at radius 1 is 0.960 bits per heavy atom. The summed E-state index contributed by atoms with van der Waals surface area (Å²) in [4.78, 5) is 12.2. The Kier molecular flexibility index (Phi) is 8.14. The number of hydrogen-bond acceptors (Lipinski definition) is 2. The average Bonchev–Trinajstić information content (AvgIpc) is 2.65. The van der Waals surface area contributed by atoms with E-state index in [-0.39, 0.29) is 11.7 Å². The third kappa shape index (κ3) is 5.97. The molecule has 25 heavy (non-hydrogen) atoms. The van der Waals surface area contributed by atoms with Crippen molar-refractivity contribution < 1.29 is 9.53 Å². The smallest absolute Gasteiger partial charge is 0.169 e. The van der Waals surface area contributed by atoms with Gasteiger partial charge in [-0.05, 0) is 31.1 Å². The van der Waals surface area contributed by atoms with E-state index < -0.39 is 5.60 Å². The fourth-order valence-electron chi connectivity index (χ4n) is 3.24. The fraction of sp³-hybridized carbons (Fsp3) is 0.522. The van der Waals surface area contributed by atoms with Gasteiger partial charge in [-0.25, -0.2) is 0 Å². The van der Waals surface area contributed by atoms with Crippen LogP contribution in [-0.4, -0.2) is 18.0 Å². The SMILES string of the molecule is CCCCCCCCCOC1(C(C)=O)C=CC(c2ccccc2)C=C1. The highest BCUT2D eigenvalue weighted by Crippen LogP contribution is 2.29. The molecule has 0 spiro atoms. The van der Waals surface area contributed by atoms with Gasteiger partial charge in [0.05, 0.1) is 0 Å². The van der Waals surface area contributed by atoms with Crippen molar-refractivity contribution in [3.63, 3.8) is 0 Å². The molecule has 1 aliphatic carbocycles. The molecule has 0 atom stereocenters. The van der Waals surface area contributed by atoms with Gasteiger partial charge in [0.1, 0.15) is 0 Å². The van der Waals surface area contributed by atoms with E-state index in [1.165, 1.54) is 44.1 Å². The number of carbonyl (C=O) groups is 1. The molecular formula is C23H32O2. The van der Waals surface area contributed by atoms with Crippen LogP contribution in [0.4, 0.5) is 0 Å². The number of rotatable bonds is 11. The number of benzene rings is 1. The summed E-state index contributed by atoms with van der Waals surface area (Å²) in [6.07, 6.45) is 16.8. The predicted molar refractivity (Wildman–Crippen MR) is 105 cm³/mol. The summed E-state index contributed by atoms with van der Waals surface area (Å²) >= 11 is 0. The van der Waals surface area contributed by atoms with Crippen LogP contribution < -0.4 is 0 Å². The minimum Gasteiger partial charge on any atom is -0.359 e. The number of ether oxygens (including phenoxy) is 1. The van der Waals surface area contributed by atoms with Crippen LogP contribution >= 0.6 is 0 Å². The molecule has 0 bridgehead atoms. The van der Waals surface area contributed by atoms with E-state index in [1.54, 1.807) is 6.92 Å². The molecule has 0 aliphatic heterocycles. The lowest BCUT2D eigenvalue weighted by atomic mass is 9.86. The van der Waals surface area contributed by atoms with Gasteiger partial charge in [0.15, 0.2) is 11.4 Å². The predicted octanol–water partition coefficient (Wildman–Crippen LogP) is 5.99. The van der Waals surface area contributed by atoms with Gasteiger partial charge >= 0.3 is 0 Å². The number of carbonyl (C=O) groups excluding carboxylic acids is 1. The van der Waals surface area contributed by atoms with Crippen molar-refractivity contribution >= 4 is 5.78 Å². The Morgan fingerprint density at radius 2 is 1.56 bits per heavy atom. The molecule has 2 rings (SSSR count). The monoisotopic (exact) mass is 340 g/mol. The van der Waals surface area contributed by atoms with Crippen molar-refractivity contribution in [1.29, 1.82) is 0 Å². The molecule has 0 N–H and O–H groups in total. The lowest BCUT2D eigenvalue weighted by Gasteiger charge is -2.29. The molecule has 0 aromatic heterocycles. The Hall–Kier alpha value is -1.67. The van der Waals surface area contributed by atoms with Gasteiger partial charge in [-0.2, -0.15) is 0 Å². The Bertz CT molecular complexity index is 557. The number of ketones is 1. The van der Waals surface area contributed by atoms with Crippen LogP contribution in [0.3, 0.4) is 0 Å². The van der Waals surface area contributed by atoms with Gasteiger partial charge in [-0.3, -0.25) is 4.79 Å². The fourth-order valence-corrected chi connectivity index (χ4v) is 3.24. The van der Waals surface area contributed by atoms with Gasteiger partial charge in [0.2, 0.25) is 0 Å². The first kappa shape index (κ1) is 19.7. The van der Waals surface area contributed by atoms with Crippen LogP contribution in [0.15, 0.2) is 54.6 Å². The standard InChI is InChI=1S/C23H32O2/c1-3-4-5-6-7-8-12-19-25-23(20(2)24)17-15-22(16-18-23)21-13-10-9-11-14-21/h9-11,13-18,22H,3-8,12,19H2,1-2H3. The lowest BCUT2D eigenvalue weighted by molar-refractivity contribution is -0.131. The number of hydrogen-bond donors (Lipinski definition) is 0. The largest absolute Gasteiger partial charge is 0.359 e. The van der Waals surface area contributed by atoms with E-state index in [4.69, 9.17) is 4.74 Å². The maximum Gasteiger partial charge on any atom is 0.169 e. The zero-order chi connectivity index (χ0) is 18.0. The van der Waals surface area contributed by atoms with Crippen LogP contribution in [0, 0.1) is 0 Å². The molecule has 0 fully saturated rings. The van der Waals surface area contributed by atoms with Crippen molar-refractivity contribution in [2.75, 3.05) is 6.61 Å². The molecule has 136 valence electrons. The molecule has 0 unspecified atom stereocenters. The topological polar surface area (TPSA) is 26.3 Å². The molecule has 0 radical (unpaired) electrons. The van der Waals surface area contributed by atoms with E-state index in [0.717, 1.165) is 6.42 Å². The van der Waals surface area contributed by atoms with Crippen molar-refractivity contribution in [1.82, 2.24) is 0 Å². The molecule has 0 saturated carbocycles. The van der Waals surface area contributed by atoms with Crippen LogP contribution in [-0.2, 0) is 9.53 Å². The van der Waals surface area contributed by atoms with E-state index >= 15 is 0 Å². The van der Waals surface area contributed by atoms with E-state index in [0.29, 0.717) is 6.61 Å². The Balaban J connectivity index is 1.81.